The van der Waals surface area contributed by atoms with E-state index in [1.54, 1.807) is 0 Å². The summed E-state index contributed by atoms with van der Waals surface area (Å²) in [6, 6.07) is 3.96. The molecule has 0 radical (unpaired) electrons. The number of halogens is 1. The summed E-state index contributed by atoms with van der Waals surface area (Å²) in [6.07, 6.45) is 0. The van der Waals surface area contributed by atoms with Gasteiger partial charge in [-0.3, -0.25) is 4.79 Å². The molecule has 0 aliphatic heterocycles. The van der Waals surface area contributed by atoms with E-state index in [4.69, 9.17) is 10.5 Å². The van der Waals surface area contributed by atoms with E-state index in [1.807, 2.05) is 32.9 Å². The van der Waals surface area contributed by atoms with Gasteiger partial charge in [0.15, 0.2) is 0 Å². The topological polar surface area (TPSA) is 52.3 Å². The SMILES string of the molecule is Cc1cc(C)c(OC(=O)CN)c(C)c1.Cl. The Morgan fingerprint density at radius 1 is 1.27 bits per heavy atom. The predicted molar refractivity (Wildman–Crippen MR) is 62.6 cm³/mol. The Bertz CT molecular complexity index is 341. The fourth-order valence-corrected chi connectivity index (χ4v) is 1.48. The van der Waals surface area contributed by atoms with Gasteiger partial charge in [0.05, 0.1) is 6.54 Å². The fourth-order valence-electron chi connectivity index (χ4n) is 1.48. The normalized spacial score (nSPS) is 9.33. The van der Waals surface area contributed by atoms with E-state index in [2.05, 4.69) is 0 Å². The number of carbonyl (C=O) groups is 1. The van der Waals surface area contributed by atoms with Crippen molar-refractivity contribution in [2.24, 2.45) is 5.73 Å². The fraction of sp³-hybridized carbons (Fsp3) is 0.364. The highest BCUT2D eigenvalue weighted by Gasteiger charge is 2.08. The molecule has 0 amide bonds. The lowest BCUT2D eigenvalue weighted by molar-refractivity contribution is -0.132. The number of ether oxygens (including phenoxy) is 1. The molecule has 2 N–H and O–H groups in total. The first kappa shape index (κ1) is 13.9. The number of hydrogen-bond donors (Lipinski definition) is 1. The van der Waals surface area contributed by atoms with Crippen LogP contribution in [0.3, 0.4) is 0 Å². The van der Waals surface area contributed by atoms with Crippen LogP contribution in [0.15, 0.2) is 12.1 Å². The minimum Gasteiger partial charge on any atom is -0.425 e. The molecule has 1 aromatic rings. The van der Waals surface area contributed by atoms with E-state index in [0.29, 0.717) is 5.75 Å². The van der Waals surface area contributed by atoms with Crippen molar-refractivity contribution in [1.82, 2.24) is 0 Å². The maximum atomic E-state index is 11.0. The molecule has 1 rings (SSSR count). The minimum atomic E-state index is -0.403. The molecule has 0 spiro atoms. The Balaban J connectivity index is 0.00000196. The zero-order valence-corrected chi connectivity index (χ0v) is 9.98. The first-order valence-electron chi connectivity index (χ1n) is 4.53. The van der Waals surface area contributed by atoms with Gasteiger partial charge in [-0.05, 0) is 31.9 Å². The van der Waals surface area contributed by atoms with Crippen molar-refractivity contribution >= 4 is 18.4 Å². The largest absolute Gasteiger partial charge is 0.425 e. The molecule has 0 aromatic heterocycles. The molecule has 0 heterocycles. The van der Waals surface area contributed by atoms with Crippen molar-refractivity contribution in [1.29, 1.82) is 0 Å². The molecule has 84 valence electrons. The molecule has 0 saturated heterocycles. The molecule has 0 fully saturated rings. The molecule has 1 aromatic carbocycles. The number of nitrogens with two attached hydrogens (primary N) is 1. The summed E-state index contributed by atoms with van der Waals surface area (Å²) in [5.41, 5.74) is 8.26. The first-order valence-corrected chi connectivity index (χ1v) is 4.53. The molecular weight excluding hydrogens is 214 g/mol. The van der Waals surface area contributed by atoms with Crippen molar-refractivity contribution in [3.8, 4) is 5.75 Å². The van der Waals surface area contributed by atoms with Gasteiger partial charge in [0.2, 0.25) is 0 Å². The van der Waals surface area contributed by atoms with Crippen LogP contribution >= 0.6 is 12.4 Å². The van der Waals surface area contributed by atoms with Crippen molar-refractivity contribution < 1.29 is 9.53 Å². The van der Waals surface area contributed by atoms with Gasteiger partial charge in [-0.1, -0.05) is 17.7 Å². The molecule has 0 unspecified atom stereocenters. The van der Waals surface area contributed by atoms with Crippen LogP contribution in [-0.4, -0.2) is 12.5 Å². The van der Waals surface area contributed by atoms with Gasteiger partial charge < -0.3 is 10.5 Å². The molecule has 0 atom stereocenters. The maximum Gasteiger partial charge on any atom is 0.325 e. The van der Waals surface area contributed by atoms with E-state index >= 15 is 0 Å². The maximum absolute atomic E-state index is 11.0. The Morgan fingerprint density at radius 3 is 2.13 bits per heavy atom. The average Bonchev–Trinajstić information content (AvgIpc) is 2.10. The summed E-state index contributed by atoms with van der Waals surface area (Å²) in [4.78, 5) is 11.0. The highest BCUT2D eigenvalue weighted by molar-refractivity contribution is 5.85. The molecule has 0 bridgehead atoms. The lowest BCUT2D eigenvalue weighted by Gasteiger charge is -2.10. The Morgan fingerprint density at radius 2 is 1.73 bits per heavy atom. The van der Waals surface area contributed by atoms with Crippen LogP contribution in [0.5, 0.6) is 5.75 Å². The van der Waals surface area contributed by atoms with E-state index in [0.717, 1.165) is 16.7 Å². The summed E-state index contributed by atoms with van der Waals surface area (Å²) < 4.78 is 5.12. The van der Waals surface area contributed by atoms with Gasteiger partial charge in [0.1, 0.15) is 5.75 Å². The van der Waals surface area contributed by atoms with Crippen LogP contribution in [-0.2, 0) is 4.79 Å². The Kier molecular flexibility index (Phi) is 5.33. The molecule has 15 heavy (non-hydrogen) atoms. The standard InChI is InChI=1S/C11H15NO2.ClH/c1-7-4-8(2)11(9(3)5-7)14-10(13)6-12;/h4-5H,6,12H2,1-3H3;1H. The minimum absolute atomic E-state index is 0. The highest BCUT2D eigenvalue weighted by Crippen LogP contribution is 2.24. The number of benzene rings is 1. The van der Waals surface area contributed by atoms with E-state index in [9.17, 15) is 4.79 Å². The monoisotopic (exact) mass is 229 g/mol. The van der Waals surface area contributed by atoms with Crippen LogP contribution in [0.4, 0.5) is 0 Å². The summed E-state index contributed by atoms with van der Waals surface area (Å²) >= 11 is 0. The average molecular weight is 230 g/mol. The zero-order valence-electron chi connectivity index (χ0n) is 9.16. The number of rotatable bonds is 2. The van der Waals surface area contributed by atoms with Crippen molar-refractivity contribution in [2.75, 3.05) is 6.54 Å². The molecule has 0 aliphatic rings. The van der Waals surface area contributed by atoms with Crippen molar-refractivity contribution in [2.45, 2.75) is 20.8 Å². The third-order valence-electron chi connectivity index (χ3n) is 1.99. The van der Waals surface area contributed by atoms with Gasteiger partial charge in [-0.15, -0.1) is 12.4 Å². The molecule has 3 nitrogen and oxygen atoms in total. The first-order chi connectivity index (χ1) is 6.54. The van der Waals surface area contributed by atoms with Gasteiger partial charge >= 0.3 is 5.97 Å². The molecule has 0 aliphatic carbocycles. The molecule has 0 saturated carbocycles. The number of carbonyl (C=O) groups excluding carboxylic acids is 1. The van der Waals surface area contributed by atoms with E-state index < -0.39 is 5.97 Å². The number of esters is 1. The van der Waals surface area contributed by atoms with Gasteiger partial charge in [0, 0.05) is 0 Å². The second-order valence-electron chi connectivity index (χ2n) is 3.41. The van der Waals surface area contributed by atoms with Gasteiger partial charge in [-0.2, -0.15) is 0 Å². The van der Waals surface area contributed by atoms with E-state index in [-0.39, 0.29) is 19.0 Å². The van der Waals surface area contributed by atoms with Gasteiger partial charge in [-0.25, -0.2) is 0 Å². The third-order valence-corrected chi connectivity index (χ3v) is 1.99. The quantitative estimate of drug-likeness (QED) is 0.623. The predicted octanol–water partition coefficient (Wildman–Crippen LogP) is 1.90. The second-order valence-corrected chi connectivity index (χ2v) is 3.41. The van der Waals surface area contributed by atoms with Gasteiger partial charge in [0.25, 0.3) is 0 Å². The van der Waals surface area contributed by atoms with Crippen LogP contribution in [0.1, 0.15) is 16.7 Å². The van der Waals surface area contributed by atoms with Crippen LogP contribution in [0.2, 0.25) is 0 Å². The van der Waals surface area contributed by atoms with Crippen LogP contribution in [0.25, 0.3) is 0 Å². The number of hydrogen-bond acceptors (Lipinski definition) is 3. The smallest absolute Gasteiger partial charge is 0.325 e. The lowest BCUT2D eigenvalue weighted by Crippen LogP contribution is -2.20. The zero-order chi connectivity index (χ0) is 10.7. The number of aryl methyl sites for hydroxylation is 3. The van der Waals surface area contributed by atoms with Crippen molar-refractivity contribution in [3.05, 3.63) is 28.8 Å². The van der Waals surface area contributed by atoms with Crippen LogP contribution < -0.4 is 10.5 Å². The lowest BCUT2D eigenvalue weighted by atomic mass is 10.1. The van der Waals surface area contributed by atoms with Crippen LogP contribution in [0, 0.1) is 20.8 Å². The summed E-state index contributed by atoms with van der Waals surface area (Å²) in [6.45, 7) is 5.75. The second kappa shape index (κ2) is 5.73. The Labute approximate surface area is 96.0 Å². The van der Waals surface area contributed by atoms with E-state index in [1.165, 1.54) is 0 Å². The summed E-state index contributed by atoms with van der Waals surface area (Å²) in [5.74, 6) is 0.228. The summed E-state index contributed by atoms with van der Waals surface area (Å²) in [5, 5.41) is 0. The highest BCUT2D eigenvalue weighted by atomic mass is 35.5. The Hall–Kier alpha value is -1.06. The molecule has 4 heteroatoms. The molecular formula is C11H16ClNO2. The summed E-state index contributed by atoms with van der Waals surface area (Å²) in [7, 11) is 0. The third kappa shape index (κ3) is 3.53. The van der Waals surface area contributed by atoms with Crippen molar-refractivity contribution in [3.63, 3.8) is 0 Å².